The molecule has 10 aromatic rings. The summed E-state index contributed by atoms with van der Waals surface area (Å²) in [6, 6.07) is 64.8. The van der Waals surface area contributed by atoms with E-state index in [1.165, 1.54) is 27.8 Å². The van der Waals surface area contributed by atoms with Crippen LogP contribution in [0.4, 0.5) is 17.1 Å². The molecule has 1 aliphatic carbocycles. The molecule has 0 aliphatic heterocycles. The summed E-state index contributed by atoms with van der Waals surface area (Å²) in [7, 11) is 0. The highest BCUT2D eigenvalue weighted by atomic mass is 16.3. The van der Waals surface area contributed by atoms with Crippen molar-refractivity contribution < 1.29 is 8.83 Å². The Morgan fingerprint density at radius 2 is 0.925 bits per heavy atom. The Bertz CT molecular complexity index is 2980. The fraction of sp³-hybridized carbons (Fsp3) is 0.0400. The van der Waals surface area contributed by atoms with Gasteiger partial charge < -0.3 is 13.7 Å². The number of para-hydroxylation sites is 4. The zero-order chi connectivity index (χ0) is 35.1. The summed E-state index contributed by atoms with van der Waals surface area (Å²) in [5, 5.41) is 4.48. The van der Waals surface area contributed by atoms with E-state index in [0.717, 1.165) is 72.1 Å². The first-order valence-corrected chi connectivity index (χ1v) is 18.2. The predicted octanol–water partition coefficient (Wildman–Crippen LogP) is 14.0. The standard InChI is InChI=1S/C50H33NO2/c1-50(43-21-8-5-15-37(43)38-16-6-9-22-44(38)50)45-23-12-20-41-40-19-11-18-36(48(40)53-49(41)45)32-25-27-34(28-26-32)51(33-13-3-2-4-14-33)35-29-30-47-42(31-35)39-17-7-10-24-46(39)52-47/h2-31H,1H3. The number of furan rings is 2. The lowest BCUT2D eigenvalue weighted by atomic mass is 9.74. The molecule has 0 radical (unpaired) electrons. The third-order valence-electron chi connectivity index (χ3n) is 11.4. The quantitative estimate of drug-likeness (QED) is 0.181. The lowest BCUT2D eigenvalue weighted by Gasteiger charge is -2.28. The van der Waals surface area contributed by atoms with Crippen molar-refractivity contribution in [1.29, 1.82) is 0 Å². The Hall–Kier alpha value is -6.84. The maximum Gasteiger partial charge on any atom is 0.143 e. The van der Waals surface area contributed by atoms with E-state index in [1.54, 1.807) is 0 Å². The van der Waals surface area contributed by atoms with Crippen LogP contribution in [0.1, 0.15) is 23.6 Å². The second kappa shape index (κ2) is 11.3. The number of benzene rings is 8. The summed E-state index contributed by atoms with van der Waals surface area (Å²) >= 11 is 0. The van der Waals surface area contributed by atoms with Gasteiger partial charge in [-0.15, -0.1) is 0 Å². The van der Waals surface area contributed by atoms with Gasteiger partial charge >= 0.3 is 0 Å². The summed E-state index contributed by atoms with van der Waals surface area (Å²) in [5.41, 5.74) is 15.1. The van der Waals surface area contributed by atoms with Gasteiger partial charge in [0.1, 0.15) is 22.3 Å². The van der Waals surface area contributed by atoms with E-state index in [9.17, 15) is 0 Å². The van der Waals surface area contributed by atoms with Crippen LogP contribution in [0.2, 0.25) is 0 Å². The Morgan fingerprint density at radius 1 is 0.377 bits per heavy atom. The smallest absolute Gasteiger partial charge is 0.143 e. The lowest BCUT2D eigenvalue weighted by molar-refractivity contribution is 0.638. The van der Waals surface area contributed by atoms with E-state index in [0.29, 0.717) is 0 Å². The molecule has 0 amide bonds. The minimum absolute atomic E-state index is 0.352. The fourth-order valence-electron chi connectivity index (χ4n) is 8.85. The predicted molar refractivity (Wildman–Crippen MR) is 219 cm³/mol. The van der Waals surface area contributed by atoms with Crippen molar-refractivity contribution >= 4 is 60.9 Å². The summed E-state index contributed by atoms with van der Waals surface area (Å²) in [6.07, 6.45) is 0. The van der Waals surface area contributed by atoms with Crippen molar-refractivity contribution in [3.63, 3.8) is 0 Å². The van der Waals surface area contributed by atoms with Gasteiger partial charge in [0.25, 0.3) is 0 Å². The second-order valence-electron chi connectivity index (χ2n) is 14.2. The summed E-state index contributed by atoms with van der Waals surface area (Å²) in [5.74, 6) is 0. The topological polar surface area (TPSA) is 29.5 Å². The molecular formula is C50H33NO2. The number of rotatable bonds is 5. The van der Waals surface area contributed by atoms with Crippen molar-refractivity contribution in [3.05, 3.63) is 199 Å². The highest BCUT2D eigenvalue weighted by Gasteiger charge is 2.42. The summed E-state index contributed by atoms with van der Waals surface area (Å²) in [4.78, 5) is 2.30. The van der Waals surface area contributed by atoms with Gasteiger partial charge in [-0.25, -0.2) is 0 Å². The molecular weight excluding hydrogens is 647 g/mol. The number of nitrogens with zero attached hydrogens (tertiary/aromatic N) is 1. The molecule has 0 fully saturated rings. The Kier molecular flexibility index (Phi) is 6.38. The van der Waals surface area contributed by atoms with Crippen LogP contribution in [-0.4, -0.2) is 0 Å². The van der Waals surface area contributed by atoms with Crippen LogP contribution in [0.15, 0.2) is 191 Å². The van der Waals surface area contributed by atoms with Crippen LogP contribution in [0, 0.1) is 0 Å². The molecule has 8 aromatic carbocycles. The summed E-state index contributed by atoms with van der Waals surface area (Å²) < 4.78 is 13.2. The minimum Gasteiger partial charge on any atom is -0.456 e. The number of anilines is 3. The van der Waals surface area contributed by atoms with Crippen molar-refractivity contribution in [2.24, 2.45) is 0 Å². The Balaban J connectivity index is 1.04. The maximum absolute atomic E-state index is 7.04. The third kappa shape index (κ3) is 4.34. The van der Waals surface area contributed by atoms with E-state index in [4.69, 9.17) is 8.83 Å². The van der Waals surface area contributed by atoms with E-state index in [-0.39, 0.29) is 5.41 Å². The average Bonchev–Trinajstić information content (AvgIpc) is 3.87. The van der Waals surface area contributed by atoms with Gasteiger partial charge in [0.05, 0.1) is 0 Å². The van der Waals surface area contributed by atoms with Crippen molar-refractivity contribution in [3.8, 4) is 22.3 Å². The van der Waals surface area contributed by atoms with Crippen molar-refractivity contribution in [2.75, 3.05) is 4.90 Å². The molecule has 0 atom stereocenters. The number of fused-ring (bicyclic) bond motifs is 9. The van der Waals surface area contributed by atoms with Crippen molar-refractivity contribution in [1.82, 2.24) is 0 Å². The maximum atomic E-state index is 7.04. The number of hydrogen-bond donors (Lipinski definition) is 0. The van der Waals surface area contributed by atoms with Crippen molar-refractivity contribution in [2.45, 2.75) is 12.3 Å². The molecule has 0 unspecified atom stereocenters. The van der Waals surface area contributed by atoms with E-state index < -0.39 is 0 Å². The minimum atomic E-state index is -0.352. The molecule has 11 rings (SSSR count). The fourth-order valence-corrected chi connectivity index (χ4v) is 8.85. The van der Waals surface area contributed by atoms with Crippen LogP contribution < -0.4 is 4.90 Å². The largest absolute Gasteiger partial charge is 0.456 e. The van der Waals surface area contributed by atoms with E-state index in [1.807, 2.05) is 12.1 Å². The molecule has 2 heterocycles. The van der Waals surface area contributed by atoms with Crippen LogP contribution >= 0.6 is 0 Å². The zero-order valence-corrected chi connectivity index (χ0v) is 29.1. The Morgan fingerprint density at radius 3 is 1.70 bits per heavy atom. The number of hydrogen-bond acceptors (Lipinski definition) is 3. The lowest BCUT2D eigenvalue weighted by Crippen LogP contribution is -2.22. The molecule has 0 bridgehead atoms. The molecule has 53 heavy (non-hydrogen) atoms. The monoisotopic (exact) mass is 679 g/mol. The molecule has 0 saturated carbocycles. The first-order valence-electron chi connectivity index (χ1n) is 18.2. The normalized spacial score (nSPS) is 13.2. The molecule has 3 nitrogen and oxygen atoms in total. The third-order valence-corrected chi connectivity index (χ3v) is 11.4. The van der Waals surface area contributed by atoms with Gasteiger partial charge in [0.15, 0.2) is 0 Å². The Labute approximate surface area is 307 Å². The average molecular weight is 680 g/mol. The van der Waals surface area contributed by atoms with Gasteiger partial charge in [-0.05, 0) is 83.3 Å². The first-order chi connectivity index (χ1) is 26.2. The van der Waals surface area contributed by atoms with E-state index in [2.05, 4.69) is 182 Å². The van der Waals surface area contributed by atoms with Gasteiger partial charge in [-0.3, -0.25) is 0 Å². The molecule has 0 N–H and O–H groups in total. The van der Waals surface area contributed by atoms with Crippen LogP contribution in [-0.2, 0) is 5.41 Å². The van der Waals surface area contributed by atoms with E-state index >= 15 is 0 Å². The molecule has 250 valence electrons. The molecule has 1 aliphatic rings. The SMILES string of the molecule is CC1(c2cccc3c2oc2c(-c4ccc(N(c5ccccc5)c5ccc6oc7ccccc7c6c5)cc4)cccc23)c2ccccc2-c2ccccc21. The van der Waals surface area contributed by atoms with Crippen LogP contribution in [0.25, 0.3) is 66.1 Å². The van der Waals surface area contributed by atoms with Gasteiger partial charge in [0, 0.05) is 55.1 Å². The highest BCUT2D eigenvalue weighted by Crippen LogP contribution is 2.54. The van der Waals surface area contributed by atoms with Crippen LogP contribution in [0.3, 0.4) is 0 Å². The van der Waals surface area contributed by atoms with Gasteiger partial charge in [-0.1, -0.05) is 133 Å². The molecule has 0 saturated heterocycles. The van der Waals surface area contributed by atoms with Gasteiger partial charge in [0.2, 0.25) is 0 Å². The molecule has 2 aromatic heterocycles. The molecule has 3 heteroatoms. The summed E-state index contributed by atoms with van der Waals surface area (Å²) in [6.45, 7) is 2.35. The van der Waals surface area contributed by atoms with Gasteiger partial charge in [-0.2, -0.15) is 0 Å². The highest BCUT2D eigenvalue weighted by molar-refractivity contribution is 6.11. The zero-order valence-electron chi connectivity index (χ0n) is 29.1. The first kappa shape index (κ1) is 29.8. The van der Waals surface area contributed by atoms with Crippen LogP contribution in [0.5, 0.6) is 0 Å². The molecule has 0 spiro atoms. The second-order valence-corrected chi connectivity index (χ2v) is 14.2.